The lowest BCUT2D eigenvalue weighted by Crippen LogP contribution is -2.76. The van der Waals surface area contributed by atoms with E-state index in [2.05, 4.69) is 45.9 Å². The zero-order valence-corrected chi connectivity index (χ0v) is 14.9. The highest BCUT2D eigenvalue weighted by molar-refractivity contribution is 7.67. The van der Waals surface area contributed by atoms with Crippen LogP contribution in [0.5, 0.6) is 0 Å². The average molecular weight is 273 g/mol. The molecule has 0 aromatic rings. The fourth-order valence-corrected chi connectivity index (χ4v) is 32.4. The number of hydrogen-bond acceptors (Lipinski definition) is 1. The molecule has 0 radical (unpaired) electrons. The molecule has 4 heteroatoms. The molecule has 1 heterocycles. The van der Waals surface area contributed by atoms with E-state index >= 15 is 0 Å². The van der Waals surface area contributed by atoms with Gasteiger partial charge in [-0.15, -0.1) is 6.58 Å². The highest BCUT2D eigenvalue weighted by Gasteiger charge is 2.58. The normalized spacial score (nSPS) is 31.0. The van der Waals surface area contributed by atoms with Gasteiger partial charge in [-0.05, 0) is 32.0 Å². The predicted octanol–water partition coefficient (Wildman–Crippen LogP) is 4.13. The number of rotatable bonds is 3. The van der Waals surface area contributed by atoms with Crippen molar-refractivity contribution in [3.05, 3.63) is 12.7 Å². The van der Waals surface area contributed by atoms with Crippen LogP contribution in [-0.2, 0) is 4.43 Å². The lowest BCUT2D eigenvalue weighted by Gasteiger charge is -2.54. The molecule has 1 rings (SSSR count). The van der Waals surface area contributed by atoms with Crippen molar-refractivity contribution in [3.8, 4) is 0 Å². The molecule has 1 aliphatic heterocycles. The molecular formula is C12H28OSi3. The van der Waals surface area contributed by atoms with E-state index in [1.165, 1.54) is 12.5 Å². The first-order valence-corrected chi connectivity index (χ1v) is 17.5. The Morgan fingerprint density at radius 3 is 2.19 bits per heavy atom. The van der Waals surface area contributed by atoms with Gasteiger partial charge in [0.2, 0.25) is 0 Å². The maximum absolute atomic E-state index is 6.51. The third-order valence-electron chi connectivity index (χ3n) is 5.09. The van der Waals surface area contributed by atoms with Crippen LogP contribution in [0.3, 0.4) is 0 Å². The summed E-state index contributed by atoms with van der Waals surface area (Å²) in [4.78, 5) is 0. The number of allylic oxidation sites excluding steroid dienone is 1. The molecule has 0 aromatic carbocycles. The van der Waals surface area contributed by atoms with Gasteiger partial charge in [-0.2, -0.15) is 0 Å². The summed E-state index contributed by atoms with van der Waals surface area (Å²) in [5.74, 6) is 0. The van der Waals surface area contributed by atoms with Gasteiger partial charge in [0, 0.05) is 13.7 Å². The standard InChI is InChI=1S/C12H28OSi3/c1-8-9-10-12-11-14(2,3)16(6,7)15(4,5)13-12/h8,12H,1,9-11H2,2-7H3. The second-order valence-electron chi connectivity index (χ2n) is 6.83. The Hall–Kier alpha value is 0.351. The maximum Gasteiger partial charge on any atom is 0.171 e. The summed E-state index contributed by atoms with van der Waals surface area (Å²) in [6.07, 6.45) is 4.88. The SMILES string of the molecule is C=CCCC1C[Si](C)(C)[Si](C)(C)[Si](C)(C)O1. The third kappa shape index (κ3) is 2.44. The van der Waals surface area contributed by atoms with Crippen molar-refractivity contribution in [2.75, 3.05) is 0 Å². The van der Waals surface area contributed by atoms with E-state index in [1.54, 1.807) is 0 Å². The van der Waals surface area contributed by atoms with Crippen LogP contribution in [0.4, 0.5) is 0 Å². The van der Waals surface area contributed by atoms with Gasteiger partial charge >= 0.3 is 0 Å². The summed E-state index contributed by atoms with van der Waals surface area (Å²) in [5.41, 5.74) is 0. The summed E-state index contributed by atoms with van der Waals surface area (Å²) in [6, 6.07) is 1.39. The van der Waals surface area contributed by atoms with Gasteiger partial charge in [-0.3, -0.25) is 0 Å². The van der Waals surface area contributed by atoms with Gasteiger partial charge in [-0.1, -0.05) is 32.3 Å². The molecule has 1 unspecified atom stereocenters. The minimum Gasteiger partial charge on any atom is -0.418 e. The summed E-state index contributed by atoms with van der Waals surface area (Å²) in [7, 11) is -3.52. The van der Waals surface area contributed by atoms with Crippen LogP contribution in [0.2, 0.25) is 45.3 Å². The Morgan fingerprint density at radius 2 is 1.75 bits per heavy atom. The Kier molecular flexibility index (Phi) is 4.10. The molecule has 1 fully saturated rings. The van der Waals surface area contributed by atoms with E-state index in [1.807, 2.05) is 6.08 Å². The third-order valence-corrected chi connectivity index (χ3v) is 45.5. The van der Waals surface area contributed by atoms with Crippen LogP contribution in [0.25, 0.3) is 0 Å². The molecule has 0 spiro atoms. The lowest BCUT2D eigenvalue weighted by molar-refractivity contribution is 0.205. The quantitative estimate of drug-likeness (QED) is 0.554. The Bertz CT molecular complexity index is 251. The maximum atomic E-state index is 6.51. The molecule has 94 valence electrons. The van der Waals surface area contributed by atoms with E-state index in [9.17, 15) is 0 Å². The van der Waals surface area contributed by atoms with Crippen molar-refractivity contribution >= 4 is 22.5 Å². The van der Waals surface area contributed by atoms with Crippen LogP contribution in [0.1, 0.15) is 12.8 Å². The molecule has 0 bridgehead atoms. The Balaban J connectivity index is 2.85. The first kappa shape index (κ1) is 14.4. The van der Waals surface area contributed by atoms with Crippen molar-refractivity contribution in [1.82, 2.24) is 0 Å². The first-order chi connectivity index (χ1) is 7.14. The van der Waals surface area contributed by atoms with E-state index in [-0.39, 0.29) is 0 Å². The smallest absolute Gasteiger partial charge is 0.171 e. The largest absolute Gasteiger partial charge is 0.418 e. The van der Waals surface area contributed by atoms with Gasteiger partial charge in [0.15, 0.2) is 7.83 Å². The fraction of sp³-hybridized carbons (Fsp3) is 0.833. The van der Waals surface area contributed by atoms with Gasteiger partial charge in [0.05, 0.1) is 7.11 Å². The molecule has 16 heavy (non-hydrogen) atoms. The zero-order valence-electron chi connectivity index (χ0n) is 11.9. The first-order valence-electron chi connectivity index (χ1n) is 6.43. The second kappa shape index (κ2) is 4.55. The molecule has 0 amide bonds. The lowest BCUT2D eigenvalue weighted by atomic mass is 10.2. The zero-order chi connectivity index (χ0) is 12.6. The molecule has 1 aliphatic rings. The van der Waals surface area contributed by atoms with Gasteiger partial charge in [0.25, 0.3) is 0 Å². The van der Waals surface area contributed by atoms with E-state index in [0.29, 0.717) is 6.10 Å². The monoisotopic (exact) mass is 272 g/mol. The van der Waals surface area contributed by atoms with E-state index in [0.717, 1.165) is 6.42 Å². The molecular weight excluding hydrogens is 244 g/mol. The van der Waals surface area contributed by atoms with Crippen LogP contribution < -0.4 is 0 Å². The molecule has 0 aromatic heterocycles. The molecule has 1 atom stereocenters. The van der Waals surface area contributed by atoms with E-state index in [4.69, 9.17) is 4.43 Å². The van der Waals surface area contributed by atoms with Crippen molar-refractivity contribution in [1.29, 1.82) is 0 Å². The average Bonchev–Trinajstić information content (AvgIpc) is 2.10. The summed E-state index contributed by atoms with van der Waals surface area (Å²) >= 11 is 0. The minimum atomic E-state index is -1.40. The fourth-order valence-electron chi connectivity index (χ4n) is 2.71. The minimum absolute atomic E-state index is 0.543. The van der Waals surface area contributed by atoms with Gasteiger partial charge < -0.3 is 4.43 Å². The van der Waals surface area contributed by atoms with Gasteiger partial charge in [-0.25, -0.2) is 0 Å². The molecule has 0 saturated carbocycles. The summed E-state index contributed by atoms with van der Waals surface area (Å²) < 4.78 is 6.51. The van der Waals surface area contributed by atoms with Crippen molar-refractivity contribution in [2.24, 2.45) is 0 Å². The molecule has 0 N–H and O–H groups in total. The number of hydrogen-bond donors (Lipinski definition) is 0. The van der Waals surface area contributed by atoms with Crippen molar-refractivity contribution in [2.45, 2.75) is 64.3 Å². The topological polar surface area (TPSA) is 9.23 Å². The summed E-state index contributed by atoms with van der Waals surface area (Å²) in [5, 5.41) is 0. The Labute approximate surface area is 104 Å². The molecule has 0 aliphatic carbocycles. The highest BCUT2D eigenvalue weighted by atomic mass is 29.6. The van der Waals surface area contributed by atoms with Crippen molar-refractivity contribution in [3.63, 3.8) is 0 Å². The van der Waals surface area contributed by atoms with Crippen LogP contribution in [0, 0.1) is 0 Å². The van der Waals surface area contributed by atoms with Crippen LogP contribution in [0.15, 0.2) is 12.7 Å². The highest BCUT2D eigenvalue weighted by Crippen LogP contribution is 2.40. The second-order valence-corrected chi connectivity index (χ2v) is 34.2. The molecule has 1 nitrogen and oxygen atoms in total. The van der Waals surface area contributed by atoms with Gasteiger partial charge in [0.1, 0.15) is 0 Å². The van der Waals surface area contributed by atoms with Crippen LogP contribution in [-0.4, -0.2) is 28.6 Å². The molecule has 1 saturated heterocycles. The predicted molar refractivity (Wildman–Crippen MR) is 81.6 cm³/mol. The van der Waals surface area contributed by atoms with Crippen LogP contribution >= 0.6 is 0 Å². The van der Waals surface area contributed by atoms with Crippen molar-refractivity contribution < 1.29 is 4.43 Å². The Morgan fingerprint density at radius 1 is 1.19 bits per heavy atom. The summed E-state index contributed by atoms with van der Waals surface area (Å²) in [6.45, 7) is 19.2. The van der Waals surface area contributed by atoms with E-state index < -0.39 is 22.5 Å².